The number of hydrogen-bond acceptors (Lipinski definition) is 3. The number of likely N-dealkylation sites (N-methyl/N-ethyl adjacent to an activating group) is 1. The van der Waals surface area contributed by atoms with Gasteiger partial charge in [-0.15, -0.1) is 0 Å². The number of hydrogen-bond donors (Lipinski definition) is 0. The second kappa shape index (κ2) is 8.56. The minimum atomic E-state index is -0.475. The van der Waals surface area contributed by atoms with Crippen molar-refractivity contribution in [2.24, 2.45) is 5.92 Å². The summed E-state index contributed by atoms with van der Waals surface area (Å²) < 4.78 is 12.5. The molecule has 0 heterocycles. The van der Waals surface area contributed by atoms with E-state index < -0.39 is 5.60 Å². The van der Waals surface area contributed by atoms with Crippen molar-refractivity contribution in [3.05, 3.63) is 0 Å². The van der Waals surface area contributed by atoms with Gasteiger partial charge in [-0.1, -0.05) is 36.4 Å². The molecule has 21 heavy (non-hydrogen) atoms. The van der Waals surface area contributed by atoms with Crippen LogP contribution >= 0.6 is 22.6 Å². The summed E-state index contributed by atoms with van der Waals surface area (Å²) in [5.74, 6) is 0.448. The van der Waals surface area contributed by atoms with Gasteiger partial charge >= 0.3 is 6.09 Å². The summed E-state index contributed by atoms with van der Waals surface area (Å²) in [5, 5.41) is 0. The molecular formula is C16H32INO3. The van der Waals surface area contributed by atoms with Crippen LogP contribution in [-0.4, -0.2) is 45.8 Å². The maximum absolute atomic E-state index is 12.2. The van der Waals surface area contributed by atoms with Crippen LogP contribution in [0.15, 0.2) is 0 Å². The number of ether oxygens (including phenoxy) is 2. The van der Waals surface area contributed by atoms with E-state index in [1.807, 2.05) is 27.7 Å². The number of carbonyl (C=O) groups excluding carboxylic acids is 1. The smallest absolute Gasteiger partial charge is 0.410 e. The fourth-order valence-electron chi connectivity index (χ4n) is 1.73. The lowest BCUT2D eigenvalue weighted by molar-refractivity contribution is -0.0908. The van der Waals surface area contributed by atoms with Crippen LogP contribution in [-0.2, 0) is 9.47 Å². The van der Waals surface area contributed by atoms with Crippen LogP contribution in [0.2, 0.25) is 0 Å². The molecular weight excluding hydrogens is 381 g/mol. The minimum Gasteiger partial charge on any atom is -0.444 e. The van der Waals surface area contributed by atoms with Crippen molar-refractivity contribution in [3.8, 4) is 0 Å². The van der Waals surface area contributed by atoms with E-state index >= 15 is 0 Å². The quantitative estimate of drug-likeness (QED) is 0.456. The molecule has 0 aliphatic rings. The second-order valence-electron chi connectivity index (χ2n) is 7.15. The zero-order valence-electron chi connectivity index (χ0n) is 14.8. The molecule has 0 radical (unpaired) electrons. The summed E-state index contributed by atoms with van der Waals surface area (Å²) in [6, 6.07) is 0. The van der Waals surface area contributed by atoms with Crippen molar-refractivity contribution in [3.63, 3.8) is 0 Å². The molecule has 0 spiro atoms. The largest absolute Gasteiger partial charge is 0.444 e. The van der Waals surface area contributed by atoms with Gasteiger partial charge in [-0.25, -0.2) is 4.79 Å². The van der Waals surface area contributed by atoms with Crippen molar-refractivity contribution < 1.29 is 14.3 Å². The standard InChI is InChI=1S/C16H32INO3/c1-9-18(14(19)21-15(5,6)7)11-16(8,10-17)20-13(4)12(2)3/h12-13H,9-11H2,1-8H3. The third-order valence-corrected chi connectivity index (χ3v) is 4.86. The van der Waals surface area contributed by atoms with Crippen molar-refractivity contribution in [2.45, 2.75) is 72.7 Å². The van der Waals surface area contributed by atoms with Crippen LogP contribution in [0, 0.1) is 5.92 Å². The molecule has 5 heteroatoms. The average molecular weight is 413 g/mol. The van der Waals surface area contributed by atoms with E-state index in [4.69, 9.17) is 9.47 Å². The second-order valence-corrected chi connectivity index (χ2v) is 7.91. The lowest BCUT2D eigenvalue weighted by Gasteiger charge is -2.37. The summed E-state index contributed by atoms with van der Waals surface area (Å²) in [7, 11) is 0. The Morgan fingerprint density at radius 3 is 2.05 bits per heavy atom. The first kappa shape index (κ1) is 21.0. The molecule has 1 amide bonds. The summed E-state index contributed by atoms with van der Waals surface area (Å²) in [6.45, 7) is 17.2. The van der Waals surface area contributed by atoms with Gasteiger partial charge in [0, 0.05) is 11.0 Å². The summed E-state index contributed by atoms with van der Waals surface area (Å²) in [5.41, 5.74) is -0.839. The predicted molar refractivity (Wildman–Crippen MR) is 96.2 cm³/mol. The van der Waals surface area contributed by atoms with Crippen LogP contribution in [0.1, 0.15) is 55.4 Å². The molecule has 0 fully saturated rings. The van der Waals surface area contributed by atoms with Crippen LogP contribution in [0.3, 0.4) is 0 Å². The van der Waals surface area contributed by atoms with E-state index in [1.54, 1.807) is 4.90 Å². The highest BCUT2D eigenvalue weighted by molar-refractivity contribution is 14.1. The van der Waals surface area contributed by atoms with Gasteiger partial charge in [0.2, 0.25) is 0 Å². The maximum Gasteiger partial charge on any atom is 0.410 e. The van der Waals surface area contributed by atoms with Crippen LogP contribution < -0.4 is 0 Å². The highest BCUT2D eigenvalue weighted by Gasteiger charge is 2.32. The third kappa shape index (κ3) is 8.24. The van der Waals surface area contributed by atoms with Gasteiger partial charge in [0.15, 0.2) is 0 Å². The number of rotatable bonds is 7. The predicted octanol–water partition coefficient (Wildman–Crippen LogP) is 4.50. The number of amides is 1. The molecule has 0 aliphatic heterocycles. The molecule has 2 unspecified atom stereocenters. The van der Waals surface area contributed by atoms with Gasteiger partial charge < -0.3 is 14.4 Å². The number of carbonyl (C=O) groups is 1. The normalized spacial score (nSPS) is 16.5. The highest BCUT2D eigenvalue weighted by Crippen LogP contribution is 2.22. The third-order valence-electron chi connectivity index (χ3n) is 3.25. The number of alkyl halides is 1. The summed E-state index contributed by atoms with van der Waals surface area (Å²) in [6.07, 6.45) is -0.121. The molecule has 0 saturated heterocycles. The monoisotopic (exact) mass is 413 g/mol. The Bertz CT molecular complexity index is 328. The van der Waals surface area contributed by atoms with Crippen LogP contribution in [0.4, 0.5) is 4.79 Å². The minimum absolute atomic E-state index is 0.155. The van der Waals surface area contributed by atoms with Gasteiger partial charge in [-0.05, 0) is 47.5 Å². The molecule has 0 aromatic carbocycles. The number of halogens is 1. The first-order valence-corrected chi connectivity index (χ1v) is 9.18. The number of nitrogens with zero attached hydrogens (tertiary/aromatic N) is 1. The molecule has 0 aromatic rings. The van der Waals surface area contributed by atoms with E-state index in [-0.39, 0.29) is 17.8 Å². The SMILES string of the molecule is CCN(CC(C)(CI)OC(C)C(C)C)C(=O)OC(C)(C)C. The van der Waals surface area contributed by atoms with E-state index in [0.717, 1.165) is 4.43 Å². The Morgan fingerprint density at radius 2 is 1.71 bits per heavy atom. The molecule has 0 rings (SSSR count). The van der Waals surface area contributed by atoms with Gasteiger partial charge in [0.05, 0.1) is 18.2 Å². The van der Waals surface area contributed by atoms with E-state index in [0.29, 0.717) is 19.0 Å². The molecule has 2 atom stereocenters. The fourth-order valence-corrected chi connectivity index (χ4v) is 2.15. The zero-order valence-corrected chi connectivity index (χ0v) is 17.0. The Labute approximate surface area is 144 Å². The highest BCUT2D eigenvalue weighted by atomic mass is 127. The Balaban J connectivity index is 4.85. The van der Waals surface area contributed by atoms with Crippen molar-refractivity contribution in [1.82, 2.24) is 4.90 Å². The first-order valence-electron chi connectivity index (χ1n) is 7.66. The fraction of sp³-hybridized carbons (Fsp3) is 0.938. The molecule has 4 nitrogen and oxygen atoms in total. The van der Waals surface area contributed by atoms with E-state index in [9.17, 15) is 4.79 Å². The molecule has 126 valence electrons. The average Bonchev–Trinajstić information content (AvgIpc) is 2.33. The summed E-state index contributed by atoms with van der Waals surface area (Å²) in [4.78, 5) is 14.0. The van der Waals surface area contributed by atoms with Gasteiger partial charge in [0.1, 0.15) is 5.60 Å². The maximum atomic E-state index is 12.2. The Hall–Kier alpha value is -0.0400. The van der Waals surface area contributed by atoms with Crippen molar-refractivity contribution in [2.75, 3.05) is 17.5 Å². The van der Waals surface area contributed by atoms with Crippen LogP contribution in [0.5, 0.6) is 0 Å². The molecule has 0 N–H and O–H groups in total. The summed E-state index contributed by atoms with van der Waals surface area (Å²) >= 11 is 2.32. The van der Waals surface area contributed by atoms with Crippen molar-refractivity contribution >= 4 is 28.7 Å². The van der Waals surface area contributed by atoms with E-state index in [2.05, 4.69) is 50.3 Å². The van der Waals surface area contributed by atoms with E-state index in [1.165, 1.54) is 0 Å². The van der Waals surface area contributed by atoms with Gasteiger partial charge in [-0.2, -0.15) is 0 Å². The molecule has 0 aromatic heterocycles. The lowest BCUT2D eigenvalue weighted by Crippen LogP contribution is -2.49. The van der Waals surface area contributed by atoms with Gasteiger partial charge in [-0.3, -0.25) is 0 Å². The lowest BCUT2D eigenvalue weighted by atomic mass is 10.1. The topological polar surface area (TPSA) is 38.8 Å². The first-order chi connectivity index (χ1) is 9.44. The van der Waals surface area contributed by atoms with Crippen LogP contribution in [0.25, 0.3) is 0 Å². The van der Waals surface area contributed by atoms with Crippen molar-refractivity contribution in [1.29, 1.82) is 0 Å². The van der Waals surface area contributed by atoms with Gasteiger partial charge in [0.25, 0.3) is 0 Å². The molecule has 0 aliphatic carbocycles. The Morgan fingerprint density at radius 1 is 1.19 bits per heavy atom. The zero-order chi connectivity index (χ0) is 16.8. The Kier molecular flexibility index (Phi) is 8.54. The molecule has 0 bridgehead atoms. The molecule has 0 saturated carbocycles.